The number of hydrogen-bond acceptors (Lipinski definition) is 10. The minimum atomic E-state index is -1.58. The Morgan fingerprint density at radius 2 is 1.04 bits per heavy atom. The van der Waals surface area contributed by atoms with E-state index in [1.807, 2.05) is 0 Å². The number of carbonyl (C=O) groups is 2. The highest BCUT2D eigenvalue weighted by Gasteiger charge is 2.44. The van der Waals surface area contributed by atoms with Gasteiger partial charge in [0.2, 0.25) is 0 Å². The maximum absolute atomic E-state index is 12.5. The molecule has 1 aliphatic heterocycles. The van der Waals surface area contributed by atoms with Gasteiger partial charge in [-0.1, -0.05) is 149 Å². The van der Waals surface area contributed by atoms with Crippen LogP contribution in [0.4, 0.5) is 0 Å². The van der Waals surface area contributed by atoms with E-state index >= 15 is 0 Å². The molecule has 6 atom stereocenters. The lowest BCUT2D eigenvalue weighted by Crippen LogP contribution is -2.59. The van der Waals surface area contributed by atoms with E-state index in [1.54, 1.807) is 6.92 Å². The first-order valence-corrected chi connectivity index (χ1v) is 19.1. The van der Waals surface area contributed by atoms with E-state index in [0.717, 1.165) is 19.3 Å². The van der Waals surface area contributed by atoms with E-state index in [0.29, 0.717) is 6.42 Å². The molecule has 4 N–H and O–H groups in total. The van der Waals surface area contributed by atoms with Crippen LogP contribution >= 0.6 is 0 Å². The van der Waals surface area contributed by atoms with Gasteiger partial charge in [0.25, 0.3) is 0 Å². The third-order valence-corrected chi connectivity index (χ3v) is 9.05. The van der Waals surface area contributed by atoms with Crippen molar-refractivity contribution in [2.75, 3.05) is 19.8 Å². The van der Waals surface area contributed by atoms with Gasteiger partial charge in [-0.25, -0.2) is 0 Å². The molecule has 0 aromatic carbocycles. The molecule has 1 rings (SSSR count). The van der Waals surface area contributed by atoms with Crippen LogP contribution < -0.4 is 0 Å². The molecule has 0 spiro atoms. The summed E-state index contributed by atoms with van der Waals surface area (Å²) in [6.07, 6.45) is 20.9. The summed E-state index contributed by atoms with van der Waals surface area (Å²) in [5, 5.41) is 39.4. The quantitative estimate of drug-likeness (QED) is 0.0464. The van der Waals surface area contributed by atoms with Gasteiger partial charge in [0, 0.05) is 12.8 Å². The molecule has 278 valence electrons. The molecule has 10 nitrogen and oxygen atoms in total. The molecule has 0 radical (unpaired) electrons. The summed E-state index contributed by atoms with van der Waals surface area (Å²) in [4.78, 5) is 24.1. The normalized spacial score (nSPS) is 21.9. The largest absolute Gasteiger partial charge is 0.462 e. The van der Waals surface area contributed by atoms with E-state index in [2.05, 4.69) is 6.92 Å². The SMILES string of the molecule is CCCCCCCCCCCCCCCCCCCCCCCCC(=O)OC(COC(=O)CC)COC1OC(CO)C(O)C(O)C1O. The Morgan fingerprint density at radius 1 is 0.596 bits per heavy atom. The van der Waals surface area contributed by atoms with Gasteiger partial charge in [0.1, 0.15) is 31.0 Å². The molecule has 6 unspecified atom stereocenters. The Hall–Kier alpha value is -1.30. The smallest absolute Gasteiger partial charge is 0.306 e. The van der Waals surface area contributed by atoms with Crippen LogP contribution in [0.25, 0.3) is 0 Å². The van der Waals surface area contributed by atoms with Crippen molar-refractivity contribution in [2.24, 2.45) is 0 Å². The van der Waals surface area contributed by atoms with Gasteiger partial charge in [-0.15, -0.1) is 0 Å². The molecular weight excluding hydrogens is 604 g/mol. The van der Waals surface area contributed by atoms with Gasteiger partial charge >= 0.3 is 11.9 Å². The van der Waals surface area contributed by atoms with Crippen LogP contribution in [-0.2, 0) is 28.5 Å². The van der Waals surface area contributed by atoms with Gasteiger partial charge in [0.15, 0.2) is 12.4 Å². The van der Waals surface area contributed by atoms with Gasteiger partial charge in [-0.05, 0) is 6.42 Å². The zero-order chi connectivity index (χ0) is 34.5. The first-order chi connectivity index (χ1) is 22.8. The van der Waals surface area contributed by atoms with Crippen molar-refractivity contribution in [3.8, 4) is 0 Å². The highest BCUT2D eigenvalue weighted by atomic mass is 16.7. The van der Waals surface area contributed by atoms with Crippen molar-refractivity contribution in [2.45, 2.75) is 205 Å². The fourth-order valence-electron chi connectivity index (χ4n) is 5.93. The number of unbranched alkanes of at least 4 members (excludes halogenated alkanes) is 21. The number of hydrogen-bond donors (Lipinski definition) is 4. The number of carbonyl (C=O) groups excluding carboxylic acids is 2. The van der Waals surface area contributed by atoms with Crippen LogP contribution in [0, 0.1) is 0 Å². The lowest BCUT2D eigenvalue weighted by atomic mass is 9.99. The standard InChI is InChI=1S/C37H70O10/c1-3-5-6-7-8-9-10-11-12-13-14-15-16-17-18-19-20-21-22-23-24-25-26-33(40)46-30(28-44-32(39)4-2)29-45-37-36(43)35(42)34(41)31(27-38)47-37/h30-31,34-38,41-43H,3-29H2,1-2H3. The number of aliphatic hydroxyl groups is 4. The predicted octanol–water partition coefficient (Wildman–Crippen LogP) is 6.66. The summed E-state index contributed by atoms with van der Waals surface area (Å²) in [6.45, 7) is 2.84. The highest BCUT2D eigenvalue weighted by molar-refractivity contribution is 5.70. The zero-order valence-corrected chi connectivity index (χ0v) is 29.8. The summed E-state index contributed by atoms with van der Waals surface area (Å²) in [5.74, 6) is -0.897. The predicted molar refractivity (Wildman–Crippen MR) is 183 cm³/mol. The Bertz CT molecular complexity index is 749. The number of esters is 2. The summed E-state index contributed by atoms with van der Waals surface area (Å²) >= 11 is 0. The molecular formula is C37H70O10. The van der Waals surface area contributed by atoms with E-state index in [4.69, 9.17) is 18.9 Å². The second-order valence-electron chi connectivity index (χ2n) is 13.4. The van der Waals surface area contributed by atoms with Crippen LogP contribution in [0.15, 0.2) is 0 Å². The lowest BCUT2D eigenvalue weighted by Gasteiger charge is -2.39. The summed E-state index contributed by atoms with van der Waals surface area (Å²) in [6, 6.07) is 0. The molecule has 1 fully saturated rings. The van der Waals surface area contributed by atoms with Crippen LogP contribution in [0.2, 0.25) is 0 Å². The van der Waals surface area contributed by atoms with Gasteiger partial charge < -0.3 is 39.4 Å². The number of ether oxygens (including phenoxy) is 4. The van der Waals surface area contributed by atoms with Gasteiger partial charge in [0.05, 0.1) is 13.2 Å². The third-order valence-electron chi connectivity index (χ3n) is 9.05. The Kier molecular flexibility index (Phi) is 27.5. The van der Waals surface area contributed by atoms with Crippen molar-refractivity contribution in [3.05, 3.63) is 0 Å². The van der Waals surface area contributed by atoms with Crippen LogP contribution in [0.1, 0.15) is 168 Å². The Morgan fingerprint density at radius 3 is 1.47 bits per heavy atom. The molecule has 1 heterocycles. The first-order valence-electron chi connectivity index (χ1n) is 19.1. The molecule has 0 aromatic heterocycles. The van der Waals surface area contributed by atoms with Crippen molar-refractivity contribution in [1.82, 2.24) is 0 Å². The number of aliphatic hydroxyl groups excluding tert-OH is 4. The second-order valence-corrected chi connectivity index (χ2v) is 13.4. The molecule has 0 aromatic rings. The Labute approximate surface area is 285 Å². The lowest BCUT2D eigenvalue weighted by molar-refractivity contribution is -0.305. The third kappa shape index (κ3) is 22.1. The number of rotatable bonds is 31. The topological polar surface area (TPSA) is 152 Å². The fraction of sp³-hybridized carbons (Fsp3) is 0.946. The zero-order valence-electron chi connectivity index (χ0n) is 29.8. The van der Waals surface area contributed by atoms with E-state index in [-0.39, 0.29) is 26.1 Å². The maximum Gasteiger partial charge on any atom is 0.306 e. The van der Waals surface area contributed by atoms with E-state index < -0.39 is 55.4 Å². The minimum absolute atomic E-state index is 0.160. The van der Waals surface area contributed by atoms with Crippen LogP contribution in [-0.4, -0.2) is 89.0 Å². The van der Waals surface area contributed by atoms with Crippen LogP contribution in [0.5, 0.6) is 0 Å². The highest BCUT2D eigenvalue weighted by Crippen LogP contribution is 2.22. The average molecular weight is 675 g/mol. The maximum atomic E-state index is 12.5. The summed E-state index contributed by atoms with van der Waals surface area (Å²) < 4.78 is 21.4. The molecule has 0 aliphatic carbocycles. The van der Waals surface area contributed by atoms with E-state index in [1.165, 1.54) is 116 Å². The second kappa shape index (κ2) is 29.6. The molecule has 10 heteroatoms. The minimum Gasteiger partial charge on any atom is -0.462 e. The average Bonchev–Trinajstić information content (AvgIpc) is 3.07. The Balaban J connectivity index is 2.06. The van der Waals surface area contributed by atoms with E-state index in [9.17, 15) is 30.0 Å². The summed E-state index contributed by atoms with van der Waals surface area (Å²) in [5.41, 5.74) is 0. The molecule has 0 amide bonds. The molecule has 1 saturated heterocycles. The molecule has 0 saturated carbocycles. The molecule has 0 bridgehead atoms. The first kappa shape index (κ1) is 43.7. The van der Waals surface area contributed by atoms with Gasteiger partial charge in [-0.2, -0.15) is 0 Å². The molecule has 47 heavy (non-hydrogen) atoms. The fourth-order valence-corrected chi connectivity index (χ4v) is 5.93. The van der Waals surface area contributed by atoms with Crippen molar-refractivity contribution >= 4 is 11.9 Å². The monoisotopic (exact) mass is 674 g/mol. The molecule has 1 aliphatic rings. The van der Waals surface area contributed by atoms with Crippen LogP contribution in [0.3, 0.4) is 0 Å². The van der Waals surface area contributed by atoms with Gasteiger partial charge in [-0.3, -0.25) is 9.59 Å². The van der Waals surface area contributed by atoms with Crippen molar-refractivity contribution < 1.29 is 49.0 Å². The summed E-state index contributed by atoms with van der Waals surface area (Å²) in [7, 11) is 0. The van der Waals surface area contributed by atoms with Crippen molar-refractivity contribution in [1.29, 1.82) is 0 Å². The van der Waals surface area contributed by atoms with Crippen molar-refractivity contribution in [3.63, 3.8) is 0 Å².